The Morgan fingerprint density at radius 3 is 2.80 bits per heavy atom. The number of carbonyl (C=O) groups excluding carboxylic acids is 1. The average molecular weight is 205 g/mol. The molecule has 0 unspecified atom stereocenters. The molecule has 1 aliphatic rings. The van der Waals surface area contributed by atoms with Gasteiger partial charge in [0.15, 0.2) is 0 Å². The van der Waals surface area contributed by atoms with Crippen molar-refractivity contribution in [3.05, 3.63) is 23.9 Å². The highest BCUT2D eigenvalue weighted by Gasteiger charge is 2.48. The number of anilines is 1. The van der Waals surface area contributed by atoms with Crippen LogP contribution in [-0.2, 0) is 4.79 Å². The number of nitrogens with zero attached hydrogens (tertiary/aromatic N) is 1. The van der Waals surface area contributed by atoms with Gasteiger partial charge in [0.2, 0.25) is 5.91 Å². The van der Waals surface area contributed by atoms with Gasteiger partial charge in [-0.15, -0.1) is 0 Å². The third-order valence-corrected chi connectivity index (χ3v) is 2.88. The molecule has 1 aromatic rings. The van der Waals surface area contributed by atoms with Crippen LogP contribution in [0.3, 0.4) is 0 Å². The minimum Gasteiger partial charge on any atom is -0.329 e. The van der Waals surface area contributed by atoms with Gasteiger partial charge >= 0.3 is 0 Å². The van der Waals surface area contributed by atoms with E-state index in [1.54, 1.807) is 12.3 Å². The third-order valence-electron chi connectivity index (χ3n) is 2.88. The van der Waals surface area contributed by atoms with Crippen LogP contribution in [0.25, 0.3) is 0 Å². The summed E-state index contributed by atoms with van der Waals surface area (Å²) in [5.41, 5.74) is 6.33. The molecule has 1 saturated carbocycles. The Hall–Kier alpha value is -1.42. The Morgan fingerprint density at radius 2 is 2.33 bits per heavy atom. The normalized spacial score (nSPS) is 17.2. The van der Waals surface area contributed by atoms with Crippen molar-refractivity contribution in [2.75, 3.05) is 11.9 Å². The summed E-state index contributed by atoms with van der Waals surface area (Å²) in [5.74, 6) is 0.603. The number of nitrogens with one attached hydrogen (secondary N) is 1. The number of aryl methyl sites for hydroxylation is 1. The summed E-state index contributed by atoms with van der Waals surface area (Å²) in [6, 6.07) is 3.73. The van der Waals surface area contributed by atoms with Gasteiger partial charge in [-0.05, 0) is 31.4 Å². The number of rotatable bonds is 3. The van der Waals surface area contributed by atoms with E-state index in [4.69, 9.17) is 5.73 Å². The number of pyridine rings is 1. The van der Waals surface area contributed by atoms with Crippen LogP contribution in [0.1, 0.15) is 18.4 Å². The van der Waals surface area contributed by atoms with E-state index < -0.39 is 0 Å². The lowest BCUT2D eigenvalue weighted by Gasteiger charge is -2.11. The molecule has 0 atom stereocenters. The van der Waals surface area contributed by atoms with Crippen molar-refractivity contribution in [2.45, 2.75) is 19.8 Å². The SMILES string of the molecule is Cc1ccc(NC(=O)C2(CN)CC2)nc1. The van der Waals surface area contributed by atoms with E-state index in [1.807, 2.05) is 13.0 Å². The van der Waals surface area contributed by atoms with Crippen molar-refractivity contribution in [1.82, 2.24) is 4.98 Å². The predicted octanol–water partition coefficient (Wildman–Crippen LogP) is 1.07. The first-order valence-electron chi connectivity index (χ1n) is 5.10. The maximum absolute atomic E-state index is 11.8. The fourth-order valence-electron chi connectivity index (χ4n) is 1.47. The van der Waals surface area contributed by atoms with E-state index in [9.17, 15) is 4.79 Å². The highest BCUT2D eigenvalue weighted by molar-refractivity contribution is 5.96. The highest BCUT2D eigenvalue weighted by Crippen LogP contribution is 2.45. The van der Waals surface area contributed by atoms with E-state index >= 15 is 0 Å². The highest BCUT2D eigenvalue weighted by atomic mass is 16.2. The molecular weight excluding hydrogens is 190 g/mol. The maximum Gasteiger partial charge on any atom is 0.233 e. The number of aromatic nitrogens is 1. The first kappa shape index (κ1) is 10.1. The van der Waals surface area contributed by atoms with Crippen LogP contribution in [0.4, 0.5) is 5.82 Å². The number of nitrogens with two attached hydrogens (primary N) is 1. The Balaban J connectivity index is 2.03. The number of hydrogen-bond donors (Lipinski definition) is 2. The van der Waals surface area contributed by atoms with Gasteiger partial charge in [-0.1, -0.05) is 6.07 Å². The molecule has 1 aliphatic carbocycles. The monoisotopic (exact) mass is 205 g/mol. The third kappa shape index (κ3) is 1.99. The van der Waals surface area contributed by atoms with Crippen LogP contribution in [-0.4, -0.2) is 17.4 Å². The predicted molar refractivity (Wildman–Crippen MR) is 58.3 cm³/mol. The van der Waals surface area contributed by atoms with E-state index in [1.165, 1.54) is 0 Å². The lowest BCUT2D eigenvalue weighted by Crippen LogP contribution is -2.31. The molecule has 15 heavy (non-hydrogen) atoms. The summed E-state index contributed by atoms with van der Waals surface area (Å²) >= 11 is 0. The molecule has 1 heterocycles. The fraction of sp³-hybridized carbons (Fsp3) is 0.455. The van der Waals surface area contributed by atoms with Crippen LogP contribution in [0.5, 0.6) is 0 Å². The fourth-order valence-corrected chi connectivity index (χ4v) is 1.47. The largest absolute Gasteiger partial charge is 0.329 e. The van der Waals surface area contributed by atoms with E-state index in [0.717, 1.165) is 18.4 Å². The quantitative estimate of drug-likeness (QED) is 0.775. The van der Waals surface area contributed by atoms with E-state index in [2.05, 4.69) is 10.3 Å². The molecule has 2 rings (SSSR count). The minimum atomic E-state index is -0.313. The Morgan fingerprint density at radius 1 is 1.60 bits per heavy atom. The van der Waals surface area contributed by atoms with Gasteiger partial charge in [0.25, 0.3) is 0 Å². The summed E-state index contributed by atoms with van der Waals surface area (Å²) in [6.45, 7) is 2.38. The number of carbonyl (C=O) groups is 1. The zero-order valence-corrected chi connectivity index (χ0v) is 8.79. The van der Waals surface area contributed by atoms with Crippen molar-refractivity contribution in [3.63, 3.8) is 0 Å². The second-order valence-electron chi connectivity index (χ2n) is 4.16. The summed E-state index contributed by atoms with van der Waals surface area (Å²) in [6.07, 6.45) is 3.51. The molecule has 4 nitrogen and oxygen atoms in total. The molecule has 0 radical (unpaired) electrons. The topological polar surface area (TPSA) is 68.0 Å². The van der Waals surface area contributed by atoms with Gasteiger partial charge in [-0.2, -0.15) is 0 Å². The molecule has 3 N–H and O–H groups in total. The van der Waals surface area contributed by atoms with Crippen LogP contribution in [0.15, 0.2) is 18.3 Å². The molecule has 4 heteroatoms. The Kier molecular flexibility index (Phi) is 2.44. The van der Waals surface area contributed by atoms with Gasteiger partial charge in [0.05, 0.1) is 5.41 Å². The Labute approximate surface area is 88.9 Å². The van der Waals surface area contributed by atoms with Gasteiger partial charge in [0.1, 0.15) is 5.82 Å². The second-order valence-corrected chi connectivity index (χ2v) is 4.16. The molecule has 0 aromatic carbocycles. The zero-order chi connectivity index (χ0) is 10.9. The van der Waals surface area contributed by atoms with Crippen molar-refractivity contribution in [1.29, 1.82) is 0 Å². The lowest BCUT2D eigenvalue weighted by atomic mass is 10.1. The van der Waals surface area contributed by atoms with Gasteiger partial charge in [-0.25, -0.2) is 4.98 Å². The van der Waals surface area contributed by atoms with Crippen molar-refractivity contribution >= 4 is 11.7 Å². The maximum atomic E-state index is 11.8. The van der Waals surface area contributed by atoms with Crippen LogP contribution in [0.2, 0.25) is 0 Å². The zero-order valence-electron chi connectivity index (χ0n) is 8.79. The molecule has 1 amide bonds. The van der Waals surface area contributed by atoms with Crippen LogP contribution in [0, 0.1) is 12.3 Å². The smallest absolute Gasteiger partial charge is 0.233 e. The summed E-state index contributed by atoms with van der Waals surface area (Å²) in [4.78, 5) is 15.9. The molecule has 1 aromatic heterocycles. The van der Waals surface area contributed by atoms with Crippen LogP contribution < -0.4 is 11.1 Å². The Bertz CT molecular complexity index is 368. The lowest BCUT2D eigenvalue weighted by molar-refractivity contribution is -0.120. The number of amides is 1. The van der Waals surface area contributed by atoms with Crippen molar-refractivity contribution in [2.24, 2.45) is 11.1 Å². The molecule has 0 saturated heterocycles. The molecule has 0 spiro atoms. The molecular formula is C11H15N3O. The summed E-state index contributed by atoms with van der Waals surface area (Å²) in [5, 5.41) is 2.79. The van der Waals surface area contributed by atoms with Gasteiger partial charge in [-0.3, -0.25) is 4.79 Å². The van der Waals surface area contributed by atoms with Crippen molar-refractivity contribution < 1.29 is 4.79 Å². The summed E-state index contributed by atoms with van der Waals surface area (Å²) in [7, 11) is 0. The molecule has 0 bridgehead atoms. The standard InChI is InChI=1S/C11H15N3O/c1-8-2-3-9(13-6-8)14-10(15)11(7-12)4-5-11/h2-3,6H,4-5,7,12H2,1H3,(H,13,14,15). The molecule has 80 valence electrons. The first-order valence-corrected chi connectivity index (χ1v) is 5.10. The van der Waals surface area contributed by atoms with E-state index in [-0.39, 0.29) is 11.3 Å². The molecule has 0 aliphatic heterocycles. The summed E-state index contributed by atoms with van der Waals surface area (Å²) < 4.78 is 0. The van der Waals surface area contributed by atoms with Gasteiger partial charge < -0.3 is 11.1 Å². The first-order chi connectivity index (χ1) is 7.16. The van der Waals surface area contributed by atoms with E-state index in [0.29, 0.717) is 12.4 Å². The van der Waals surface area contributed by atoms with Crippen molar-refractivity contribution in [3.8, 4) is 0 Å². The minimum absolute atomic E-state index is 0.00125. The van der Waals surface area contributed by atoms with Gasteiger partial charge in [0, 0.05) is 12.7 Å². The number of hydrogen-bond acceptors (Lipinski definition) is 3. The second kappa shape index (κ2) is 3.62. The molecule has 1 fully saturated rings. The average Bonchev–Trinajstić information content (AvgIpc) is 3.02. The van der Waals surface area contributed by atoms with Crippen LogP contribution >= 0.6 is 0 Å².